The fraction of sp³-hybridized carbons (Fsp3) is 0.667. The molecule has 0 radical (unpaired) electrons. The lowest BCUT2D eigenvalue weighted by Crippen LogP contribution is -2.39. The second-order valence-electron chi connectivity index (χ2n) is 8.34. The van der Waals surface area contributed by atoms with Gasteiger partial charge in [0.25, 0.3) is 0 Å². The highest BCUT2D eigenvalue weighted by molar-refractivity contribution is 5.85. The SMILES string of the molecule is Cl.O=C(NCCc1cccc(C(F)(F)F)c1)C1[C@H]2CN(C3CCCCC3)C[C@@H]12. The minimum Gasteiger partial charge on any atom is -0.356 e. The molecule has 0 bridgehead atoms. The quantitative estimate of drug-likeness (QED) is 0.776. The van der Waals surface area contributed by atoms with Crippen molar-refractivity contribution in [3.63, 3.8) is 0 Å². The number of hydrogen-bond donors (Lipinski definition) is 1. The van der Waals surface area contributed by atoms with Gasteiger partial charge in [-0.3, -0.25) is 9.69 Å². The number of piperidine rings is 1. The number of amides is 1. The average Bonchev–Trinajstić information content (AvgIpc) is 3.16. The van der Waals surface area contributed by atoms with Gasteiger partial charge in [0, 0.05) is 31.6 Å². The summed E-state index contributed by atoms with van der Waals surface area (Å²) >= 11 is 0. The second-order valence-corrected chi connectivity index (χ2v) is 8.34. The first-order valence-electron chi connectivity index (χ1n) is 10.1. The topological polar surface area (TPSA) is 32.3 Å². The van der Waals surface area contributed by atoms with Crippen molar-refractivity contribution in [2.45, 2.75) is 50.7 Å². The molecule has 28 heavy (non-hydrogen) atoms. The van der Waals surface area contributed by atoms with E-state index in [0.29, 0.717) is 30.4 Å². The van der Waals surface area contributed by atoms with Crippen molar-refractivity contribution < 1.29 is 18.0 Å². The van der Waals surface area contributed by atoms with Gasteiger partial charge in [-0.2, -0.15) is 13.2 Å². The second kappa shape index (κ2) is 8.62. The minimum absolute atomic E-state index is 0. The molecule has 1 aromatic carbocycles. The first kappa shape index (κ1) is 21.4. The molecular formula is C21H28ClF3N2O. The van der Waals surface area contributed by atoms with Crippen LogP contribution in [0, 0.1) is 17.8 Å². The standard InChI is InChI=1S/C21H27F3N2O.ClH/c22-21(23,24)15-6-4-5-14(11-15)9-10-25-20(27)19-17-12-26(13-18(17)19)16-7-2-1-3-8-16;/h4-6,11,16-19H,1-3,7-10,12-13H2,(H,25,27);1H/t17-,18+,19?;. The van der Waals surface area contributed by atoms with E-state index >= 15 is 0 Å². The van der Waals surface area contributed by atoms with Crippen molar-refractivity contribution in [3.05, 3.63) is 35.4 Å². The summed E-state index contributed by atoms with van der Waals surface area (Å²) in [7, 11) is 0. The Morgan fingerprint density at radius 3 is 2.43 bits per heavy atom. The molecule has 2 aliphatic carbocycles. The largest absolute Gasteiger partial charge is 0.416 e. The lowest BCUT2D eigenvalue weighted by atomic mass is 9.94. The van der Waals surface area contributed by atoms with E-state index < -0.39 is 11.7 Å². The Morgan fingerprint density at radius 2 is 1.79 bits per heavy atom. The van der Waals surface area contributed by atoms with E-state index in [2.05, 4.69) is 10.2 Å². The van der Waals surface area contributed by atoms with Crippen molar-refractivity contribution in [2.24, 2.45) is 17.8 Å². The molecule has 4 rings (SSSR count). The smallest absolute Gasteiger partial charge is 0.356 e. The van der Waals surface area contributed by atoms with Crippen LogP contribution in [0.5, 0.6) is 0 Å². The molecule has 1 unspecified atom stereocenters. The van der Waals surface area contributed by atoms with Crippen LogP contribution in [0.3, 0.4) is 0 Å². The molecule has 1 heterocycles. The predicted molar refractivity (Wildman–Crippen MR) is 104 cm³/mol. The van der Waals surface area contributed by atoms with Crippen LogP contribution >= 0.6 is 12.4 Å². The van der Waals surface area contributed by atoms with Gasteiger partial charge in [0.2, 0.25) is 5.91 Å². The molecule has 0 spiro atoms. The third kappa shape index (κ3) is 4.65. The molecule has 1 aromatic rings. The molecular weight excluding hydrogens is 389 g/mol. The Morgan fingerprint density at radius 1 is 1.11 bits per heavy atom. The highest BCUT2D eigenvalue weighted by atomic mass is 35.5. The molecule has 2 saturated carbocycles. The zero-order chi connectivity index (χ0) is 19.0. The summed E-state index contributed by atoms with van der Waals surface area (Å²) in [5.74, 6) is 1.17. The highest BCUT2D eigenvalue weighted by Crippen LogP contribution is 2.52. The first-order valence-corrected chi connectivity index (χ1v) is 10.1. The summed E-state index contributed by atoms with van der Waals surface area (Å²) in [6, 6.07) is 6.06. The average molecular weight is 417 g/mol. The number of halogens is 4. The maximum Gasteiger partial charge on any atom is 0.416 e. The van der Waals surface area contributed by atoms with Gasteiger partial charge in [0.1, 0.15) is 0 Å². The summed E-state index contributed by atoms with van der Waals surface area (Å²) in [6.07, 6.45) is 2.71. The maximum absolute atomic E-state index is 12.8. The van der Waals surface area contributed by atoms with Gasteiger partial charge in [-0.1, -0.05) is 37.5 Å². The van der Waals surface area contributed by atoms with Gasteiger partial charge < -0.3 is 5.32 Å². The van der Waals surface area contributed by atoms with E-state index in [-0.39, 0.29) is 24.2 Å². The highest BCUT2D eigenvalue weighted by Gasteiger charge is 2.59. The van der Waals surface area contributed by atoms with Gasteiger partial charge in [-0.15, -0.1) is 12.4 Å². The van der Waals surface area contributed by atoms with Crippen LogP contribution in [0.25, 0.3) is 0 Å². The number of fused-ring (bicyclic) bond motifs is 1. The fourth-order valence-corrected chi connectivity index (χ4v) is 5.04. The lowest BCUT2D eigenvalue weighted by Gasteiger charge is -2.32. The van der Waals surface area contributed by atoms with Crippen LogP contribution in [0.15, 0.2) is 24.3 Å². The number of nitrogens with zero attached hydrogens (tertiary/aromatic N) is 1. The molecule has 7 heteroatoms. The molecule has 3 fully saturated rings. The van der Waals surface area contributed by atoms with Crippen molar-refractivity contribution in [2.75, 3.05) is 19.6 Å². The van der Waals surface area contributed by atoms with Gasteiger partial charge in [-0.25, -0.2) is 0 Å². The molecule has 1 N–H and O–H groups in total. The van der Waals surface area contributed by atoms with E-state index in [1.807, 2.05) is 0 Å². The molecule has 3 aliphatic rings. The number of benzene rings is 1. The molecule has 3 atom stereocenters. The predicted octanol–water partition coefficient (Wildman–Crippen LogP) is 4.30. The van der Waals surface area contributed by atoms with Crippen molar-refractivity contribution in [1.82, 2.24) is 10.2 Å². The van der Waals surface area contributed by atoms with E-state index in [1.165, 1.54) is 44.2 Å². The summed E-state index contributed by atoms with van der Waals surface area (Å²) in [4.78, 5) is 15.0. The van der Waals surface area contributed by atoms with E-state index in [9.17, 15) is 18.0 Å². The third-order valence-corrected chi connectivity index (χ3v) is 6.58. The van der Waals surface area contributed by atoms with E-state index in [1.54, 1.807) is 6.07 Å². The molecule has 156 valence electrons. The number of likely N-dealkylation sites (tertiary alicyclic amines) is 1. The monoisotopic (exact) mass is 416 g/mol. The molecule has 1 amide bonds. The summed E-state index contributed by atoms with van der Waals surface area (Å²) in [5, 5.41) is 2.94. The normalized spacial score (nSPS) is 27.8. The van der Waals surface area contributed by atoms with Crippen molar-refractivity contribution in [3.8, 4) is 0 Å². The van der Waals surface area contributed by atoms with Crippen LogP contribution < -0.4 is 5.32 Å². The Balaban J connectivity index is 0.00000225. The molecule has 3 nitrogen and oxygen atoms in total. The van der Waals surface area contributed by atoms with Gasteiger partial charge >= 0.3 is 6.18 Å². The van der Waals surface area contributed by atoms with Gasteiger partial charge in [0.15, 0.2) is 0 Å². The van der Waals surface area contributed by atoms with E-state index in [0.717, 1.165) is 25.2 Å². The van der Waals surface area contributed by atoms with E-state index in [4.69, 9.17) is 0 Å². The van der Waals surface area contributed by atoms with Crippen LogP contribution in [-0.4, -0.2) is 36.5 Å². The summed E-state index contributed by atoms with van der Waals surface area (Å²) < 4.78 is 38.3. The van der Waals surface area contributed by atoms with Crippen molar-refractivity contribution >= 4 is 18.3 Å². The number of carbonyl (C=O) groups excluding carboxylic acids is 1. The van der Waals surface area contributed by atoms with Gasteiger partial charge in [-0.05, 0) is 42.7 Å². The summed E-state index contributed by atoms with van der Waals surface area (Å²) in [5.41, 5.74) is -0.0320. The number of rotatable bonds is 5. The number of hydrogen-bond acceptors (Lipinski definition) is 2. The maximum atomic E-state index is 12.8. The van der Waals surface area contributed by atoms with Crippen LogP contribution in [0.4, 0.5) is 13.2 Å². The Labute approximate surface area is 170 Å². The number of alkyl halides is 3. The lowest BCUT2D eigenvalue weighted by molar-refractivity contribution is -0.137. The first-order chi connectivity index (χ1) is 12.9. The van der Waals surface area contributed by atoms with Gasteiger partial charge in [0.05, 0.1) is 5.56 Å². The molecule has 1 saturated heterocycles. The number of carbonyl (C=O) groups is 1. The van der Waals surface area contributed by atoms with Crippen LogP contribution in [0.2, 0.25) is 0 Å². The Hall–Kier alpha value is -1.27. The van der Waals surface area contributed by atoms with Crippen molar-refractivity contribution in [1.29, 1.82) is 0 Å². The van der Waals surface area contributed by atoms with Crippen LogP contribution in [-0.2, 0) is 17.4 Å². The Bertz CT molecular complexity index is 678. The molecule has 0 aromatic heterocycles. The summed E-state index contributed by atoms with van der Waals surface area (Å²) in [6.45, 7) is 2.48. The zero-order valence-electron chi connectivity index (χ0n) is 15.9. The fourth-order valence-electron chi connectivity index (χ4n) is 5.04. The third-order valence-electron chi connectivity index (χ3n) is 6.58. The zero-order valence-corrected chi connectivity index (χ0v) is 16.7. The number of nitrogens with one attached hydrogen (secondary N) is 1. The Kier molecular flexibility index (Phi) is 6.60. The van der Waals surface area contributed by atoms with Crippen LogP contribution in [0.1, 0.15) is 43.2 Å². The molecule has 1 aliphatic heterocycles. The minimum atomic E-state index is -4.32.